The van der Waals surface area contributed by atoms with Gasteiger partial charge < -0.3 is 20.7 Å². The molecule has 27 heavy (non-hydrogen) atoms. The van der Waals surface area contributed by atoms with Crippen LogP contribution >= 0.6 is 24.8 Å². The van der Waals surface area contributed by atoms with Gasteiger partial charge in [-0.2, -0.15) is 0 Å². The number of pyridine rings is 1. The minimum absolute atomic E-state index is 0. The molecule has 3 N–H and O–H groups in total. The van der Waals surface area contributed by atoms with Gasteiger partial charge in [0.1, 0.15) is 5.82 Å². The molecule has 2 heterocycles. The van der Waals surface area contributed by atoms with E-state index in [-0.39, 0.29) is 42.9 Å². The number of amides is 1. The van der Waals surface area contributed by atoms with Gasteiger partial charge in [-0.25, -0.2) is 4.98 Å². The first kappa shape index (κ1) is 23.0. The van der Waals surface area contributed by atoms with E-state index in [0.717, 1.165) is 24.5 Å². The number of benzene rings is 1. The molecule has 6 nitrogen and oxygen atoms in total. The van der Waals surface area contributed by atoms with Gasteiger partial charge in [0.15, 0.2) is 0 Å². The number of para-hydroxylation sites is 1. The van der Waals surface area contributed by atoms with Crippen LogP contribution in [0.15, 0.2) is 42.6 Å². The van der Waals surface area contributed by atoms with Gasteiger partial charge >= 0.3 is 0 Å². The number of morpholine rings is 1. The third-order valence-corrected chi connectivity index (χ3v) is 4.21. The Balaban J connectivity index is 0.00000182. The zero-order valence-electron chi connectivity index (χ0n) is 15.4. The van der Waals surface area contributed by atoms with Gasteiger partial charge in [0.25, 0.3) is 5.91 Å². The summed E-state index contributed by atoms with van der Waals surface area (Å²) in [7, 11) is 0. The molecule has 1 saturated heterocycles. The number of hydrogen-bond donors (Lipinski definition) is 2. The van der Waals surface area contributed by atoms with Gasteiger partial charge in [-0.1, -0.05) is 18.2 Å². The third-order valence-electron chi connectivity index (χ3n) is 4.21. The van der Waals surface area contributed by atoms with Crippen molar-refractivity contribution in [1.82, 2.24) is 10.3 Å². The monoisotopic (exact) mass is 412 g/mol. The third kappa shape index (κ3) is 5.99. The number of aromatic nitrogens is 1. The van der Waals surface area contributed by atoms with Crippen molar-refractivity contribution in [3.05, 3.63) is 53.7 Å². The zero-order chi connectivity index (χ0) is 17.8. The average Bonchev–Trinajstić information content (AvgIpc) is 2.60. The Morgan fingerprint density at radius 3 is 2.44 bits per heavy atom. The van der Waals surface area contributed by atoms with E-state index in [0.29, 0.717) is 17.8 Å². The molecule has 2 aromatic rings. The summed E-state index contributed by atoms with van der Waals surface area (Å²) in [5.74, 6) is 0.752. The molecule has 1 aliphatic rings. The Kier molecular flexibility index (Phi) is 8.82. The highest BCUT2D eigenvalue weighted by molar-refractivity contribution is 5.98. The molecule has 1 amide bonds. The Hall–Kier alpha value is -2.02. The molecule has 8 heteroatoms. The number of ether oxygens (including phenoxy) is 1. The highest BCUT2D eigenvalue weighted by atomic mass is 35.5. The molecule has 0 saturated carbocycles. The molecule has 1 fully saturated rings. The lowest BCUT2D eigenvalue weighted by molar-refractivity contribution is -0.00546. The van der Waals surface area contributed by atoms with E-state index in [1.54, 1.807) is 24.4 Å². The lowest BCUT2D eigenvalue weighted by Crippen LogP contribution is -2.45. The van der Waals surface area contributed by atoms with E-state index in [1.165, 1.54) is 0 Å². The van der Waals surface area contributed by atoms with Crippen LogP contribution in [0.2, 0.25) is 0 Å². The number of nitrogen functional groups attached to an aromatic ring is 1. The van der Waals surface area contributed by atoms with E-state index in [4.69, 9.17) is 10.5 Å². The second kappa shape index (κ2) is 10.3. The molecule has 0 aliphatic carbocycles. The number of carbonyl (C=O) groups is 1. The van der Waals surface area contributed by atoms with Crippen LogP contribution in [0.3, 0.4) is 0 Å². The van der Waals surface area contributed by atoms with Crippen LogP contribution in [0.5, 0.6) is 0 Å². The second-order valence-corrected chi connectivity index (χ2v) is 6.46. The van der Waals surface area contributed by atoms with Gasteiger partial charge in [0, 0.05) is 31.5 Å². The maximum atomic E-state index is 12.2. The summed E-state index contributed by atoms with van der Waals surface area (Å²) < 4.78 is 5.75. The number of hydrogen-bond acceptors (Lipinski definition) is 5. The summed E-state index contributed by atoms with van der Waals surface area (Å²) in [6, 6.07) is 11.0. The summed E-state index contributed by atoms with van der Waals surface area (Å²) >= 11 is 0. The van der Waals surface area contributed by atoms with E-state index in [9.17, 15) is 4.79 Å². The lowest BCUT2D eigenvalue weighted by Gasteiger charge is -2.36. The number of rotatable bonds is 4. The van der Waals surface area contributed by atoms with Gasteiger partial charge in [-0.05, 0) is 37.6 Å². The molecular formula is C19H26Cl2N4O2. The summed E-state index contributed by atoms with van der Waals surface area (Å²) in [4.78, 5) is 19.0. The molecule has 1 aromatic carbocycles. The predicted octanol–water partition coefficient (Wildman–Crippen LogP) is 3.05. The van der Waals surface area contributed by atoms with Crippen molar-refractivity contribution < 1.29 is 9.53 Å². The van der Waals surface area contributed by atoms with Crippen LogP contribution in [0.25, 0.3) is 0 Å². The summed E-state index contributed by atoms with van der Waals surface area (Å²) in [5.41, 5.74) is 7.74. The second-order valence-electron chi connectivity index (χ2n) is 6.46. The van der Waals surface area contributed by atoms with E-state index in [1.807, 2.05) is 18.2 Å². The van der Waals surface area contributed by atoms with Gasteiger partial charge in [-0.15, -0.1) is 24.8 Å². The van der Waals surface area contributed by atoms with Gasteiger partial charge in [-0.3, -0.25) is 4.79 Å². The number of nitrogens with zero attached hydrogens (tertiary/aromatic N) is 2. The van der Waals surface area contributed by atoms with Crippen molar-refractivity contribution in [2.24, 2.45) is 0 Å². The first-order valence-electron chi connectivity index (χ1n) is 8.51. The fraction of sp³-hybridized carbons (Fsp3) is 0.368. The molecule has 0 radical (unpaired) electrons. The van der Waals surface area contributed by atoms with E-state index in [2.05, 4.69) is 29.0 Å². The largest absolute Gasteiger partial charge is 0.398 e. The smallest absolute Gasteiger partial charge is 0.253 e. The number of carbonyl (C=O) groups excluding carboxylic acids is 1. The Morgan fingerprint density at radius 1 is 1.19 bits per heavy atom. The number of nitrogens with two attached hydrogens (primary N) is 1. The lowest BCUT2D eigenvalue weighted by atomic mass is 10.1. The van der Waals surface area contributed by atoms with Crippen molar-refractivity contribution in [3.8, 4) is 0 Å². The van der Waals surface area contributed by atoms with Crippen molar-refractivity contribution in [2.75, 3.05) is 23.7 Å². The zero-order valence-corrected chi connectivity index (χ0v) is 17.1. The van der Waals surface area contributed by atoms with Crippen LogP contribution in [-0.4, -0.2) is 36.2 Å². The van der Waals surface area contributed by atoms with Gasteiger partial charge in [0.05, 0.1) is 17.8 Å². The van der Waals surface area contributed by atoms with Crippen molar-refractivity contribution in [1.29, 1.82) is 0 Å². The quantitative estimate of drug-likeness (QED) is 0.754. The maximum Gasteiger partial charge on any atom is 0.253 e. The van der Waals surface area contributed by atoms with Crippen LogP contribution in [-0.2, 0) is 11.3 Å². The Morgan fingerprint density at radius 2 is 1.85 bits per heavy atom. The molecule has 0 spiro atoms. The first-order chi connectivity index (χ1) is 12.0. The molecule has 2 unspecified atom stereocenters. The minimum Gasteiger partial charge on any atom is -0.398 e. The molecule has 1 aromatic heterocycles. The molecule has 148 valence electrons. The van der Waals surface area contributed by atoms with Crippen molar-refractivity contribution >= 4 is 42.2 Å². The number of nitrogens with one attached hydrogen (secondary N) is 1. The van der Waals surface area contributed by atoms with Crippen LogP contribution in [0, 0.1) is 0 Å². The molecule has 3 rings (SSSR count). The standard InChI is InChI=1S/C19H24N4O2.2ClH/c1-13-11-23(12-14(2)25-13)18-8-7-15(9-21-18)10-22-19(24)16-5-3-4-6-17(16)20;;/h3-9,13-14H,10-12,20H2,1-2H3,(H,22,24);2*1H. The summed E-state index contributed by atoms with van der Waals surface area (Å²) in [5, 5.41) is 2.88. The highest BCUT2D eigenvalue weighted by Crippen LogP contribution is 2.18. The molecule has 1 aliphatic heterocycles. The van der Waals surface area contributed by atoms with Crippen LogP contribution < -0.4 is 16.0 Å². The Bertz CT molecular complexity index is 733. The predicted molar refractivity (Wildman–Crippen MR) is 113 cm³/mol. The topological polar surface area (TPSA) is 80.5 Å². The first-order valence-corrected chi connectivity index (χ1v) is 8.51. The maximum absolute atomic E-state index is 12.2. The van der Waals surface area contributed by atoms with Crippen LogP contribution in [0.1, 0.15) is 29.8 Å². The SMILES string of the molecule is CC1CN(c2ccc(CNC(=O)c3ccccc3N)cn2)CC(C)O1.Cl.Cl. The number of halogens is 2. The summed E-state index contributed by atoms with van der Waals surface area (Å²) in [6.45, 7) is 6.22. The Labute approximate surface area is 172 Å². The summed E-state index contributed by atoms with van der Waals surface area (Å²) in [6.07, 6.45) is 2.19. The molecular weight excluding hydrogens is 387 g/mol. The van der Waals surface area contributed by atoms with Gasteiger partial charge in [0.2, 0.25) is 0 Å². The van der Waals surface area contributed by atoms with E-state index < -0.39 is 0 Å². The normalized spacial score (nSPS) is 18.8. The number of anilines is 2. The average molecular weight is 413 g/mol. The highest BCUT2D eigenvalue weighted by Gasteiger charge is 2.22. The van der Waals surface area contributed by atoms with Crippen molar-refractivity contribution in [3.63, 3.8) is 0 Å². The molecule has 0 bridgehead atoms. The fourth-order valence-corrected chi connectivity index (χ4v) is 3.05. The fourth-order valence-electron chi connectivity index (χ4n) is 3.05. The van der Waals surface area contributed by atoms with Crippen molar-refractivity contribution in [2.45, 2.75) is 32.6 Å². The minimum atomic E-state index is -0.182. The van der Waals surface area contributed by atoms with Crippen LogP contribution in [0.4, 0.5) is 11.5 Å². The molecule has 2 atom stereocenters. The van der Waals surface area contributed by atoms with E-state index >= 15 is 0 Å².